The van der Waals surface area contributed by atoms with Crippen molar-refractivity contribution in [2.45, 2.75) is 32.2 Å². The zero-order valence-electron chi connectivity index (χ0n) is 15.2. The largest absolute Gasteiger partial charge is 0.360 e. The van der Waals surface area contributed by atoms with Crippen molar-refractivity contribution in [1.82, 2.24) is 24.7 Å². The lowest BCUT2D eigenvalue weighted by molar-refractivity contribution is 0.114. The van der Waals surface area contributed by atoms with Crippen LogP contribution in [0.4, 0.5) is 0 Å². The van der Waals surface area contributed by atoms with E-state index < -0.39 is 0 Å². The fraction of sp³-hybridized carbons (Fsp3) is 0.611. The van der Waals surface area contributed by atoms with Crippen LogP contribution >= 0.6 is 11.8 Å². The van der Waals surface area contributed by atoms with E-state index in [1.54, 1.807) is 10.7 Å². The Morgan fingerprint density at radius 1 is 1.15 bits per heavy atom. The molecular weight excluding hydrogens is 350 g/mol. The van der Waals surface area contributed by atoms with E-state index in [2.05, 4.69) is 20.1 Å². The third-order valence-corrected chi connectivity index (χ3v) is 6.06. The molecule has 2 aromatic rings. The van der Waals surface area contributed by atoms with Gasteiger partial charge in [-0.3, -0.25) is 14.6 Å². The van der Waals surface area contributed by atoms with Crippen LogP contribution in [0, 0.1) is 6.92 Å². The summed E-state index contributed by atoms with van der Waals surface area (Å²) < 4.78 is 6.96. The molecule has 0 radical (unpaired) electrons. The van der Waals surface area contributed by atoms with E-state index in [-0.39, 0.29) is 5.56 Å². The Labute approximate surface area is 157 Å². The van der Waals surface area contributed by atoms with Crippen molar-refractivity contribution in [3.63, 3.8) is 0 Å². The molecule has 0 aromatic carbocycles. The summed E-state index contributed by atoms with van der Waals surface area (Å²) in [6.45, 7) is 8.31. The number of piperazine rings is 1. The molecule has 0 aliphatic carbocycles. The van der Waals surface area contributed by atoms with Crippen LogP contribution in [0.25, 0.3) is 0 Å². The van der Waals surface area contributed by atoms with Crippen molar-refractivity contribution in [1.29, 1.82) is 0 Å². The lowest BCUT2D eigenvalue weighted by atomic mass is 10.2. The van der Waals surface area contributed by atoms with Gasteiger partial charge in [-0.1, -0.05) is 5.16 Å². The fourth-order valence-electron chi connectivity index (χ4n) is 3.53. The maximum atomic E-state index is 12.3. The van der Waals surface area contributed by atoms with Crippen LogP contribution in [-0.4, -0.2) is 63.2 Å². The predicted octanol–water partition coefficient (Wildman–Crippen LogP) is 1.15. The van der Waals surface area contributed by atoms with Crippen LogP contribution < -0.4 is 5.56 Å². The minimum atomic E-state index is 0.0329. The quantitative estimate of drug-likeness (QED) is 0.776. The molecule has 4 rings (SSSR count). The highest BCUT2D eigenvalue weighted by molar-refractivity contribution is 7.98. The maximum absolute atomic E-state index is 12.3. The average Bonchev–Trinajstić information content (AvgIpc) is 3.06. The zero-order valence-corrected chi connectivity index (χ0v) is 16.0. The van der Waals surface area contributed by atoms with Crippen LogP contribution in [-0.2, 0) is 25.3 Å². The third-order valence-electron chi connectivity index (χ3n) is 5.05. The highest BCUT2D eigenvalue weighted by atomic mass is 32.2. The number of thioether (sulfide) groups is 1. The molecule has 0 spiro atoms. The minimum Gasteiger partial charge on any atom is -0.360 e. The van der Waals surface area contributed by atoms with Crippen molar-refractivity contribution < 1.29 is 4.52 Å². The van der Waals surface area contributed by atoms with Crippen molar-refractivity contribution >= 4 is 11.8 Å². The molecule has 1 fully saturated rings. The molecular formula is C18H25N5O2S. The summed E-state index contributed by atoms with van der Waals surface area (Å²) in [5.74, 6) is 2.95. The number of hydrogen-bond donors (Lipinski definition) is 0. The van der Waals surface area contributed by atoms with Gasteiger partial charge < -0.3 is 4.52 Å². The lowest BCUT2D eigenvalue weighted by Crippen LogP contribution is -2.47. The van der Waals surface area contributed by atoms with Gasteiger partial charge in [-0.2, -0.15) is 16.9 Å². The second-order valence-corrected chi connectivity index (χ2v) is 8.14. The molecule has 0 atom stereocenters. The first kappa shape index (κ1) is 17.8. The summed E-state index contributed by atoms with van der Waals surface area (Å²) in [5.41, 5.74) is 3.19. The van der Waals surface area contributed by atoms with Gasteiger partial charge in [-0.15, -0.1) is 0 Å². The molecule has 0 saturated carbocycles. The van der Waals surface area contributed by atoms with Gasteiger partial charge in [0.25, 0.3) is 5.56 Å². The van der Waals surface area contributed by atoms with Gasteiger partial charge in [0.1, 0.15) is 0 Å². The second kappa shape index (κ2) is 7.94. The zero-order chi connectivity index (χ0) is 17.9. The Morgan fingerprint density at radius 3 is 2.73 bits per heavy atom. The highest BCUT2D eigenvalue weighted by Gasteiger charge is 2.19. The molecule has 0 bridgehead atoms. The molecule has 2 aliphatic rings. The van der Waals surface area contributed by atoms with E-state index >= 15 is 0 Å². The maximum Gasteiger partial charge on any atom is 0.267 e. The molecule has 7 nitrogen and oxygen atoms in total. The van der Waals surface area contributed by atoms with Crippen LogP contribution in [0.5, 0.6) is 0 Å². The van der Waals surface area contributed by atoms with Crippen molar-refractivity contribution in [2.75, 3.05) is 38.5 Å². The summed E-state index contributed by atoms with van der Waals surface area (Å²) >= 11 is 1.88. The van der Waals surface area contributed by atoms with Crippen LogP contribution in [0.3, 0.4) is 0 Å². The van der Waals surface area contributed by atoms with E-state index in [0.717, 1.165) is 79.9 Å². The number of aryl methyl sites for hydroxylation is 2. The van der Waals surface area contributed by atoms with Crippen molar-refractivity contribution in [2.24, 2.45) is 0 Å². The van der Waals surface area contributed by atoms with E-state index in [9.17, 15) is 4.79 Å². The number of hydrogen-bond acceptors (Lipinski definition) is 7. The van der Waals surface area contributed by atoms with Crippen LogP contribution in [0.1, 0.15) is 22.7 Å². The van der Waals surface area contributed by atoms with Gasteiger partial charge in [0.15, 0.2) is 5.76 Å². The minimum absolute atomic E-state index is 0.0329. The summed E-state index contributed by atoms with van der Waals surface area (Å²) in [5, 5.41) is 8.55. The molecule has 2 aromatic heterocycles. The van der Waals surface area contributed by atoms with E-state index in [1.165, 1.54) is 0 Å². The Hall–Kier alpha value is -1.64. The number of fused-ring (bicyclic) bond motifs is 1. The Morgan fingerprint density at radius 2 is 1.96 bits per heavy atom. The Balaban J connectivity index is 1.28. The summed E-state index contributed by atoms with van der Waals surface area (Å²) in [4.78, 5) is 17.1. The summed E-state index contributed by atoms with van der Waals surface area (Å²) in [6, 6.07) is 3.78. The van der Waals surface area contributed by atoms with Gasteiger partial charge >= 0.3 is 0 Å². The molecule has 0 unspecified atom stereocenters. The Bertz CT molecular complexity index is 810. The smallest absolute Gasteiger partial charge is 0.267 e. The van der Waals surface area contributed by atoms with Gasteiger partial charge in [0, 0.05) is 57.0 Å². The van der Waals surface area contributed by atoms with E-state index in [4.69, 9.17) is 4.52 Å². The molecule has 2 aliphatic heterocycles. The second-order valence-electron chi connectivity index (χ2n) is 7.03. The third kappa shape index (κ3) is 4.19. The normalized spacial score (nSPS) is 18.8. The molecule has 26 heavy (non-hydrogen) atoms. The standard InChI is InChI=1S/C18H25N5O2S/c1-14-10-16(25-20-14)12-22-5-3-21(4-6-22)7-8-23-18(24)11-15-13-26-9-2-17(15)19-23/h10-11H,2-9,12-13H2,1H3. The average molecular weight is 375 g/mol. The number of aromatic nitrogens is 3. The van der Waals surface area contributed by atoms with Crippen LogP contribution in [0.15, 0.2) is 21.5 Å². The van der Waals surface area contributed by atoms with E-state index in [1.807, 2.05) is 24.8 Å². The molecule has 1 saturated heterocycles. The monoisotopic (exact) mass is 375 g/mol. The topological polar surface area (TPSA) is 67.4 Å². The number of rotatable bonds is 5. The molecule has 4 heterocycles. The van der Waals surface area contributed by atoms with Crippen molar-refractivity contribution in [3.8, 4) is 0 Å². The summed E-state index contributed by atoms with van der Waals surface area (Å²) in [7, 11) is 0. The first-order valence-electron chi connectivity index (χ1n) is 9.22. The van der Waals surface area contributed by atoms with Crippen molar-refractivity contribution in [3.05, 3.63) is 45.2 Å². The first-order valence-corrected chi connectivity index (χ1v) is 10.4. The first-order chi connectivity index (χ1) is 12.7. The summed E-state index contributed by atoms with van der Waals surface area (Å²) in [6.07, 6.45) is 0.972. The molecule has 8 heteroatoms. The van der Waals surface area contributed by atoms with E-state index in [0.29, 0.717) is 6.54 Å². The molecule has 0 N–H and O–H groups in total. The lowest BCUT2D eigenvalue weighted by Gasteiger charge is -2.34. The SMILES string of the molecule is Cc1cc(CN2CCN(CCn3nc4c(cc3=O)CSCC4)CC2)on1. The van der Waals surface area contributed by atoms with Gasteiger partial charge in [0.05, 0.1) is 24.5 Å². The molecule has 0 amide bonds. The van der Waals surface area contributed by atoms with Crippen LogP contribution in [0.2, 0.25) is 0 Å². The molecule has 140 valence electrons. The number of nitrogens with zero attached hydrogens (tertiary/aromatic N) is 5. The fourth-order valence-corrected chi connectivity index (χ4v) is 4.48. The predicted molar refractivity (Wildman–Crippen MR) is 101 cm³/mol. The van der Waals surface area contributed by atoms with Gasteiger partial charge in [-0.05, 0) is 18.2 Å². The Kier molecular flexibility index (Phi) is 5.42. The van der Waals surface area contributed by atoms with Gasteiger partial charge in [-0.25, -0.2) is 4.68 Å². The van der Waals surface area contributed by atoms with Gasteiger partial charge in [0.2, 0.25) is 0 Å². The highest BCUT2D eigenvalue weighted by Crippen LogP contribution is 2.21.